The van der Waals surface area contributed by atoms with Crippen LogP contribution in [0.5, 0.6) is 0 Å². The molecule has 3 heterocycles. The highest BCUT2D eigenvalue weighted by Crippen LogP contribution is 2.32. The van der Waals surface area contributed by atoms with Crippen molar-refractivity contribution in [1.82, 2.24) is 24.0 Å². The molecule has 6 heteroatoms. The molecular weight excluding hydrogens is 470 g/mol. The van der Waals surface area contributed by atoms with E-state index in [-0.39, 0.29) is 5.56 Å². The molecule has 1 aliphatic rings. The summed E-state index contributed by atoms with van der Waals surface area (Å²) in [5.74, 6) is 1.47. The second-order valence-corrected chi connectivity index (χ2v) is 9.80. The van der Waals surface area contributed by atoms with Gasteiger partial charge in [-0.1, -0.05) is 66.7 Å². The van der Waals surface area contributed by atoms with Gasteiger partial charge in [-0.2, -0.15) is 0 Å². The standard InChI is InChI=1S/C32H27N5O/c38-32-24-14-4-6-16-26(24)33-30(23-12-2-1-3-13-23)37(32)28-18-8-5-15-25(28)31-34-27-17-7-9-19-29(27)36(31)22-35-20-10-11-21-35/h1-9,12-19H,10-11,20-22H2. The quantitative estimate of drug-likeness (QED) is 0.288. The maximum atomic E-state index is 14.1. The van der Waals surface area contributed by atoms with Crippen molar-refractivity contribution < 1.29 is 0 Å². The summed E-state index contributed by atoms with van der Waals surface area (Å²) in [6.45, 7) is 2.93. The minimum absolute atomic E-state index is 0.0934. The van der Waals surface area contributed by atoms with Crippen LogP contribution in [0.15, 0.2) is 108 Å². The Morgan fingerprint density at radius 2 is 1.32 bits per heavy atom. The minimum Gasteiger partial charge on any atom is -0.310 e. The summed E-state index contributed by atoms with van der Waals surface area (Å²) >= 11 is 0. The average molecular weight is 498 g/mol. The first-order valence-corrected chi connectivity index (χ1v) is 13.1. The van der Waals surface area contributed by atoms with Gasteiger partial charge in [0.25, 0.3) is 5.56 Å². The number of rotatable bonds is 5. The van der Waals surface area contributed by atoms with Crippen LogP contribution in [-0.2, 0) is 6.67 Å². The molecule has 1 aliphatic heterocycles. The number of hydrogen-bond acceptors (Lipinski definition) is 4. The van der Waals surface area contributed by atoms with Gasteiger partial charge in [-0.25, -0.2) is 9.97 Å². The fourth-order valence-electron chi connectivity index (χ4n) is 5.54. The monoisotopic (exact) mass is 497 g/mol. The van der Waals surface area contributed by atoms with Gasteiger partial charge in [0.05, 0.1) is 34.3 Å². The van der Waals surface area contributed by atoms with Crippen LogP contribution in [0.1, 0.15) is 12.8 Å². The van der Waals surface area contributed by atoms with E-state index >= 15 is 0 Å². The summed E-state index contributed by atoms with van der Waals surface area (Å²) in [5.41, 5.74) is 5.19. The van der Waals surface area contributed by atoms with Crippen LogP contribution >= 0.6 is 0 Å². The van der Waals surface area contributed by atoms with E-state index in [1.807, 2.05) is 78.9 Å². The number of likely N-dealkylation sites (tertiary alicyclic amines) is 1. The normalized spacial score (nSPS) is 14.0. The molecule has 2 aromatic heterocycles. The van der Waals surface area contributed by atoms with E-state index in [9.17, 15) is 4.79 Å². The maximum absolute atomic E-state index is 14.1. The lowest BCUT2D eigenvalue weighted by atomic mass is 10.1. The molecule has 0 atom stereocenters. The first-order valence-electron chi connectivity index (χ1n) is 13.1. The van der Waals surface area contributed by atoms with Gasteiger partial charge < -0.3 is 4.57 Å². The van der Waals surface area contributed by atoms with Crippen molar-refractivity contribution in [2.75, 3.05) is 13.1 Å². The summed E-state index contributed by atoms with van der Waals surface area (Å²) < 4.78 is 4.05. The Morgan fingerprint density at radius 3 is 2.16 bits per heavy atom. The number of para-hydroxylation sites is 4. The topological polar surface area (TPSA) is 56.0 Å². The molecule has 6 nitrogen and oxygen atoms in total. The van der Waals surface area contributed by atoms with E-state index in [4.69, 9.17) is 9.97 Å². The van der Waals surface area contributed by atoms with E-state index in [0.29, 0.717) is 16.7 Å². The molecule has 0 unspecified atom stereocenters. The fourth-order valence-corrected chi connectivity index (χ4v) is 5.54. The zero-order valence-corrected chi connectivity index (χ0v) is 21.0. The molecule has 0 amide bonds. The zero-order valence-electron chi connectivity index (χ0n) is 21.0. The highest BCUT2D eigenvalue weighted by atomic mass is 16.1. The van der Waals surface area contributed by atoms with E-state index in [0.717, 1.165) is 53.4 Å². The minimum atomic E-state index is -0.0934. The molecule has 4 aromatic carbocycles. The van der Waals surface area contributed by atoms with Gasteiger partial charge in [-0.3, -0.25) is 14.3 Å². The van der Waals surface area contributed by atoms with Gasteiger partial charge >= 0.3 is 0 Å². The smallest absolute Gasteiger partial charge is 0.266 e. The van der Waals surface area contributed by atoms with Crippen molar-refractivity contribution in [1.29, 1.82) is 0 Å². The van der Waals surface area contributed by atoms with Crippen LogP contribution < -0.4 is 5.56 Å². The second-order valence-electron chi connectivity index (χ2n) is 9.80. The molecule has 0 bridgehead atoms. The number of aromatic nitrogens is 4. The highest BCUT2D eigenvalue weighted by molar-refractivity contribution is 5.85. The lowest BCUT2D eigenvalue weighted by molar-refractivity contribution is 0.276. The van der Waals surface area contributed by atoms with Crippen molar-refractivity contribution in [2.45, 2.75) is 19.5 Å². The Kier molecular flexibility index (Phi) is 5.60. The van der Waals surface area contributed by atoms with E-state index in [1.165, 1.54) is 12.8 Å². The lowest BCUT2D eigenvalue weighted by Crippen LogP contribution is -2.24. The van der Waals surface area contributed by atoms with Crippen LogP contribution in [0.2, 0.25) is 0 Å². The largest absolute Gasteiger partial charge is 0.310 e. The summed E-state index contributed by atoms with van der Waals surface area (Å²) in [6.07, 6.45) is 2.44. The molecule has 0 aliphatic carbocycles. The molecule has 6 aromatic rings. The SMILES string of the molecule is O=c1c2ccccc2nc(-c2ccccc2)n1-c1ccccc1-c1nc2ccccc2n1CN1CCCC1. The van der Waals surface area contributed by atoms with Crippen molar-refractivity contribution >= 4 is 21.9 Å². The number of benzene rings is 4. The van der Waals surface area contributed by atoms with Crippen LogP contribution in [-0.4, -0.2) is 37.1 Å². The summed E-state index contributed by atoms with van der Waals surface area (Å²) in [6, 6.07) is 33.8. The predicted molar refractivity (Wildman–Crippen MR) is 152 cm³/mol. The van der Waals surface area contributed by atoms with Crippen molar-refractivity contribution in [3.63, 3.8) is 0 Å². The molecule has 38 heavy (non-hydrogen) atoms. The molecule has 0 radical (unpaired) electrons. The van der Waals surface area contributed by atoms with Gasteiger partial charge in [-0.05, 0) is 62.3 Å². The van der Waals surface area contributed by atoms with E-state index in [2.05, 4.69) is 33.7 Å². The van der Waals surface area contributed by atoms with Crippen LogP contribution in [0.25, 0.3) is 50.4 Å². The molecular formula is C32H27N5O. The maximum Gasteiger partial charge on any atom is 0.266 e. The molecule has 0 saturated carbocycles. The van der Waals surface area contributed by atoms with Gasteiger partial charge in [-0.15, -0.1) is 0 Å². The van der Waals surface area contributed by atoms with E-state index < -0.39 is 0 Å². The first-order chi connectivity index (χ1) is 18.8. The Labute approximate surface area is 220 Å². The van der Waals surface area contributed by atoms with Gasteiger partial charge in [0.1, 0.15) is 11.6 Å². The van der Waals surface area contributed by atoms with Gasteiger partial charge in [0.15, 0.2) is 0 Å². The molecule has 0 spiro atoms. The predicted octanol–water partition coefficient (Wildman–Crippen LogP) is 6.12. The number of nitrogens with zero attached hydrogens (tertiary/aromatic N) is 5. The fraction of sp³-hybridized carbons (Fsp3) is 0.156. The number of imidazole rings is 1. The van der Waals surface area contributed by atoms with Gasteiger partial charge in [0, 0.05) is 11.1 Å². The lowest BCUT2D eigenvalue weighted by Gasteiger charge is -2.20. The van der Waals surface area contributed by atoms with Crippen molar-refractivity contribution in [3.05, 3.63) is 113 Å². The van der Waals surface area contributed by atoms with Crippen molar-refractivity contribution in [3.8, 4) is 28.5 Å². The van der Waals surface area contributed by atoms with E-state index in [1.54, 1.807) is 4.57 Å². The molecule has 0 N–H and O–H groups in total. The van der Waals surface area contributed by atoms with Crippen LogP contribution in [0, 0.1) is 0 Å². The van der Waals surface area contributed by atoms with Crippen LogP contribution in [0.3, 0.4) is 0 Å². The third-order valence-corrected chi connectivity index (χ3v) is 7.39. The third-order valence-electron chi connectivity index (χ3n) is 7.39. The Bertz CT molecular complexity index is 1830. The molecule has 1 saturated heterocycles. The summed E-state index contributed by atoms with van der Waals surface area (Å²) in [4.78, 5) is 26.7. The van der Waals surface area contributed by atoms with Crippen LogP contribution in [0.4, 0.5) is 0 Å². The second kappa shape index (κ2) is 9.39. The Hall–Kier alpha value is -4.55. The van der Waals surface area contributed by atoms with Gasteiger partial charge in [0.2, 0.25) is 0 Å². The Balaban J connectivity index is 1.51. The molecule has 186 valence electrons. The average Bonchev–Trinajstić information content (AvgIpc) is 3.62. The summed E-state index contributed by atoms with van der Waals surface area (Å²) in [5, 5.41) is 0.590. The number of hydrogen-bond donors (Lipinski definition) is 0. The summed E-state index contributed by atoms with van der Waals surface area (Å²) in [7, 11) is 0. The first kappa shape index (κ1) is 22.6. The highest BCUT2D eigenvalue weighted by Gasteiger charge is 2.22. The zero-order chi connectivity index (χ0) is 25.5. The number of fused-ring (bicyclic) bond motifs is 2. The molecule has 7 rings (SSSR count). The third kappa shape index (κ3) is 3.81. The Morgan fingerprint density at radius 1 is 0.658 bits per heavy atom. The van der Waals surface area contributed by atoms with Crippen molar-refractivity contribution in [2.24, 2.45) is 0 Å². The molecule has 1 fully saturated rings.